The number of amides is 2. The minimum absolute atomic E-state index is 0.0871. The Hall–Kier alpha value is -1.47. The molecule has 134 valence electrons. The van der Waals surface area contributed by atoms with Crippen molar-refractivity contribution in [2.45, 2.75) is 71.1 Å². The number of carbonyl (C=O) groups is 3. The molecule has 0 bridgehead atoms. The van der Waals surface area contributed by atoms with Gasteiger partial charge in [0.25, 0.3) is 11.8 Å². The van der Waals surface area contributed by atoms with Crippen molar-refractivity contribution in [1.29, 1.82) is 0 Å². The molecule has 0 aromatic rings. The number of rotatable bonds is 12. The van der Waals surface area contributed by atoms with Crippen molar-refractivity contribution < 1.29 is 29.4 Å². The molecule has 0 heterocycles. The van der Waals surface area contributed by atoms with Crippen molar-refractivity contribution >= 4 is 17.8 Å². The Labute approximate surface area is 137 Å². The van der Waals surface area contributed by atoms with E-state index in [2.05, 4.69) is 11.8 Å². The summed E-state index contributed by atoms with van der Waals surface area (Å²) < 4.78 is 0. The van der Waals surface area contributed by atoms with Crippen LogP contribution in [0.3, 0.4) is 0 Å². The zero-order valence-corrected chi connectivity index (χ0v) is 14.0. The molecule has 0 fully saturated rings. The first-order valence-corrected chi connectivity index (χ1v) is 8.35. The van der Waals surface area contributed by atoms with Crippen molar-refractivity contribution in [3.8, 4) is 0 Å². The van der Waals surface area contributed by atoms with E-state index >= 15 is 0 Å². The van der Waals surface area contributed by atoms with Crippen LogP contribution in [-0.2, 0) is 19.2 Å². The van der Waals surface area contributed by atoms with Gasteiger partial charge in [-0.3, -0.25) is 9.59 Å². The summed E-state index contributed by atoms with van der Waals surface area (Å²) >= 11 is 0. The number of unbranched alkanes of at least 4 members (excludes halogenated alkanes) is 8. The molecular weight excluding hydrogens is 302 g/mol. The Bertz CT molecular complexity index is 342. The number of hydrogen-bond donors (Lipinski definition) is 2. The summed E-state index contributed by atoms with van der Waals surface area (Å²) in [7, 11) is 0. The van der Waals surface area contributed by atoms with Crippen molar-refractivity contribution in [1.82, 2.24) is 5.06 Å². The molecule has 0 saturated carbocycles. The molecule has 0 aliphatic carbocycles. The van der Waals surface area contributed by atoms with Crippen LogP contribution in [0, 0.1) is 0 Å². The minimum atomic E-state index is -1.08. The topological polar surface area (TPSA) is 104 Å². The third kappa shape index (κ3) is 10.8. The summed E-state index contributed by atoms with van der Waals surface area (Å²) in [4.78, 5) is 38.6. The first-order valence-electron chi connectivity index (χ1n) is 8.35. The van der Waals surface area contributed by atoms with E-state index in [0.717, 1.165) is 19.3 Å². The van der Waals surface area contributed by atoms with Gasteiger partial charge in [0.1, 0.15) is 13.2 Å². The Morgan fingerprint density at radius 1 is 0.783 bits per heavy atom. The van der Waals surface area contributed by atoms with Gasteiger partial charge in [-0.1, -0.05) is 63.4 Å². The highest BCUT2D eigenvalue weighted by Gasteiger charge is 2.24. The molecule has 2 amide bonds. The number of nitrogens with zero attached hydrogens (tertiary/aromatic N) is 1. The second-order valence-corrected chi connectivity index (χ2v) is 5.44. The molecule has 7 heteroatoms. The molecule has 0 saturated heterocycles. The molecule has 0 rings (SSSR count). The highest BCUT2D eigenvalue weighted by Crippen LogP contribution is 2.11. The summed E-state index contributed by atoms with van der Waals surface area (Å²) in [5, 5.41) is 17.5. The molecular formula is C16H29NO6. The second kappa shape index (κ2) is 14.1. The van der Waals surface area contributed by atoms with Crippen LogP contribution in [0.4, 0.5) is 0 Å². The molecule has 0 unspecified atom stereocenters. The van der Waals surface area contributed by atoms with Gasteiger partial charge in [0.2, 0.25) is 0 Å². The number of hydrogen-bond acceptors (Lipinski definition) is 6. The van der Waals surface area contributed by atoms with E-state index < -0.39 is 31.0 Å². The quantitative estimate of drug-likeness (QED) is 0.417. The highest BCUT2D eigenvalue weighted by atomic mass is 16.7. The van der Waals surface area contributed by atoms with Gasteiger partial charge in [-0.15, -0.1) is 0 Å². The average molecular weight is 331 g/mol. The van der Waals surface area contributed by atoms with Crippen LogP contribution in [0.1, 0.15) is 71.1 Å². The standard InChI is InChI=1S/C16H29NO6/c1-2-3-4-5-6-7-8-9-10-11-16(22)23-17(14(20)12-18)15(21)13-19/h18-19H,2-13H2,1H3. The van der Waals surface area contributed by atoms with Gasteiger partial charge in [-0.05, 0) is 6.42 Å². The maximum absolute atomic E-state index is 11.6. The number of carbonyl (C=O) groups excluding carboxylic acids is 3. The van der Waals surface area contributed by atoms with Crippen LogP contribution in [0.2, 0.25) is 0 Å². The van der Waals surface area contributed by atoms with Gasteiger partial charge in [0.05, 0.1) is 0 Å². The van der Waals surface area contributed by atoms with Gasteiger partial charge in [0, 0.05) is 6.42 Å². The van der Waals surface area contributed by atoms with Crippen LogP contribution < -0.4 is 0 Å². The second-order valence-electron chi connectivity index (χ2n) is 5.44. The lowest BCUT2D eigenvalue weighted by atomic mass is 10.1. The van der Waals surface area contributed by atoms with Crippen LogP contribution in [-0.4, -0.2) is 46.3 Å². The fraction of sp³-hybridized carbons (Fsp3) is 0.812. The van der Waals surface area contributed by atoms with Gasteiger partial charge >= 0.3 is 5.97 Å². The molecule has 0 aliphatic rings. The van der Waals surface area contributed by atoms with Gasteiger partial charge < -0.3 is 15.1 Å². The Morgan fingerprint density at radius 3 is 1.65 bits per heavy atom. The molecule has 23 heavy (non-hydrogen) atoms. The third-order valence-electron chi connectivity index (χ3n) is 3.40. The van der Waals surface area contributed by atoms with Crippen LogP contribution in [0.15, 0.2) is 0 Å². The Balaban J connectivity index is 3.80. The molecule has 0 atom stereocenters. The average Bonchev–Trinajstić information content (AvgIpc) is 2.56. The summed E-state index contributed by atoms with van der Waals surface area (Å²) in [6.07, 6.45) is 9.99. The highest BCUT2D eigenvalue weighted by molar-refractivity contribution is 5.96. The molecule has 0 spiro atoms. The summed E-state index contributed by atoms with van der Waals surface area (Å²) in [6, 6.07) is 0. The first kappa shape index (κ1) is 21.5. The van der Waals surface area contributed by atoms with E-state index in [-0.39, 0.29) is 11.5 Å². The lowest BCUT2D eigenvalue weighted by molar-refractivity contribution is -0.205. The van der Waals surface area contributed by atoms with E-state index in [1.165, 1.54) is 32.1 Å². The number of hydroxylamine groups is 2. The first-order chi connectivity index (χ1) is 11.1. The molecule has 0 radical (unpaired) electrons. The van der Waals surface area contributed by atoms with Crippen molar-refractivity contribution in [3.63, 3.8) is 0 Å². The predicted molar refractivity (Wildman–Crippen MR) is 84.0 cm³/mol. The molecule has 7 nitrogen and oxygen atoms in total. The lowest BCUT2D eigenvalue weighted by Crippen LogP contribution is -2.41. The molecule has 0 aliphatic heterocycles. The summed E-state index contributed by atoms with van der Waals surface area (Å²) in [6.45, 7) is 0.233. The predicted octanol–water partition coefficient (Wildman–Crippen LogP) is 1.71. The van der Waals surface area contributed by atoms with E-state index in [1.54, 1.807) is 0 Å². The van der Waals surface area contributed by atoms with Crippen molar-refractivity contribution in [2.24, 2.45) is 0 Å². The maximum Gasteiger partial charge on any atom is 0.333 e. The van der Waals surface area contributed by atoms with Crippen molar-refractivity contribution in [2.75, 3.05) is 13.2 Å². The maximum atomic E-state index is 11.6. The van der Waals surface area contributed by atoms with Crippen molar-refractivity contribution in [3.05, 3.63) is 0 Å². The third-order valence-corrected chi connectivity index (χ3v) is 3.40. The zero-order chi connectivity index (χ0) is 17.5. The van der Waals surface area contributed by atoms with Gasteiger partial charge in [0.15, 0.2) is 0 Å². The van der Waals surface area contributed by atoms with Gasteiger partial charge in [-0.2, -0.15) is 0 Å². The number of imide groups is 1. The SMILES string of the molecule is CCCCCCCCCCCC(=O)ON(C(=O)CO)C(=O)CO. The number of aliphatic hydroxyl groups excluding tert-OH is 2. The Morgan fingerprint density at radius 2 is 1.22 bits per heavy atom. The van der Waals surface area contributed by atoms with E-state index in [9.17, 15) is 14.4 Å². The lowest BCUT2D eigenvalue weighted by Gasteiger charge is -2.17. The van der Waals surface area contributed by atoms with Gasteiger partial charge in [-0.25, -0.2) is 4.79 Å². The summed E-state index contributed by atoms with van der Waals surface area (Å²) in [5.74, 6) is -2.88. The van der Waals surface area contributed by atoms with E-state index in [1.807, 2.05) is 0 Å². The minimum Gasteiger partial charge on any atom is -0.386 e. The number of aliphatic hydroxyl groups is 2. The summed E-state index contributed by atoms with van der Waals surface area (Å²) in [5.41, 5.74) is 0. The fourth-order valence-electron chi connectivity index (χ4n) is 2.10. The van der Waals surface area contributed by atoms with Crippen LogP contribution in [0.5, 0.6) is 0 Å². The fourth-order valence-corrected chi connectivity index (χ4v) is 2.10. The smallest absolute Gasteiger partial charge is 0.333 e. The zero-order valence-electron chi connectivity index (χ0n) is 14.0. The van der Waals surface area contributed by atoms with E-state index in [4.69, 9.17) is 10.2 Å². The van der Waals surface area contributed by atoms with Crippen LogP contribution in [0.25, 0.3) is 0 Å². The van der Waals surface area contributed by atoms with E-state index in [0.29, 0.717) is 6.42 Å². The normalized spacial score (nSPS) is 10.4. The Kier molecular flexibility index (Phi) is 13.2. The van der Waals surface area contributed by atoms with Crippen LogP contribution >= 0.6 is 0 Å². The largest absolute Gasteiger partial charge is 0.386 e. The molecule has 2 N–H and O–H groups in total. The molecule has 0 aromatic carbocycles. The molecule has 0 aromatic heterocycles. The monoisotopic (exact) mass is 331 g/mol.